The molecule has 38 heavy (non-hydrogen) atoms. The molecule has 0 spiro atoms. The number of carbonyl (C=O) groups excluding carboxylic acids is 1. The Bertz CT molecular complexity index is 1760. The van der Waals surface area contributed by atoms with Crippen molar-refractivity contribution in [3.63, 3.8) is 0 Å². The monoisotopic (exact) mass is 528 g/mol. The second-order valence-electron chi connectivity index (χ2n) is 8.86. The normalized spacial score (nSPS) is 14.8. The number of aryl methyl sites for hydroxylation is 1. The molecule has 1 atom stereocenters. The van der Waals surface area contributed by atoms with Crippen molar-refractivity contribution in [2.45, 2.75) is 19.4 Å². The van der Waals surface area contributed by atoms with Crippen LogP contribution in [0.5, 0.6) is 17.2 Å². The van der Waals surface area contributed by atoms with E-state index in [2.05, 4.69) is 13.0 Å². The first-order valence-electron chi connectivity index (χ1n) is 12.1. The van der Waals surface area contributed by atoms with Gasteiger partial charge in [0.25, 0.3) is 5.91 Å². The van der Waals surface area contributed by atoms with Crippen LogP contribution in [0.3, 0.4) is 0 Å². The topological polar surface area (TPSA) is 91.1 Å². The van der Waals surface area contributed by atoms with Crippen LogP contribution in [-0.2, 0) is 6.42 Å². The maximum absolute atomic E-state index is 14.0. The van der Waals surface area contributed by atoms with Crippen LogP contribution in [0.15, 0.2) is 63.8 Å². The molecule has 0 saturated heterocycles. The van der Waals surface area contributed by atoms with Gasteiger partial charge in [-0.05, 0) is 53.9 Å². The molecule has 6 rings (SSSR count). The average Bonchev–Trinajstić information content (AvgIpc) is 3.50. The van der Waals surface area contributed by atoms with Crippen molar-refractivity contribution >= 4 is 43.6 Å². The summed E-state index contributed by atoms with van der Waals surface area (Å²) in [5, 5.41) is 0.863. The molecule has 0 bridgehead atoms. The minimum atomic E-state index is -0.821. The number of thiazole rings is 1. The summed E-state index contributed by atoms with van der Waals surface area (Å²) in [7, 11) is 4.56. The molecule has 9 heteroatoms. The first kappa shape index (κ1) is 24.0. The molecule has 0 radical (unpaired) electrons. The number of fused-ring (bicyclic) bond motifs is 3. The van der Waals surface area contributed by atoms with Crippen LogP contribution >= 0.6 is 11.3 Å². The van der Waals surface area contributed by atoms with Gasteiger partial charge in [-0.25, -0.2) is 4.98 Å². The molecule has 0 fully saturated rings. The minimum absolute atomic E-state index is 0.000884. The van der Waals surface area contributed by atoms with Gasteiger partial charge in [-0.3, -0.25) is 14.5 Å². The minimum Gasteiger partial charge on any atom is -0.493 e. The van der Waals surface area contributed by atoms with Gasteiger partial charge in [-0.1, -0.05) is 36.5 Å². The van der Waals surface area contributed by atoms with E-state index in [0.717, 1.165) is 16.6 Å². The highest BCUT2D eigenvalue weighted by molar-refractivity contribution is 7.22. The Balaban J connectivity index is 1.64. The van der Waals surface area contributed by atoms with Crippen LogP contribution < -0.4 is 24.5 Å². The quantitative estimate of drug-likeness (QED) is 0.278. The van der Waals surface area contributed by atoms with Crippen molar-refractivity contribution in [1.29, 1.82) is 0 Å². The molecule has 0 N–H and O–H groups in total. The third-order valence-corrected chi connectivity index (χ3v) is 7.85. The SMILES string of the molecule is CCc1ccc2nc(N3C(=O)c4oc5ccccc5c(=O)c4[C@H]3c3cc(OC)c(OC)c(OC)c3)sc2c1. The van der Waals surface area contributed by atoms with E-state index in [0.29, 0.717) is 38.9 Å². The lowest BCUT2D eigenvalue weighted by molar-refractivity contribution is 0.0971. The Morgan fingerprint density at radius 3 is 2.39 bits per heavy atom. The van der Waals surface area contributed by atoms with E-state index in [9.17, 15) is 9.59 Å². The summed E-state index contributed by atoms with van der Waals surface area (Å²) in [5.74, 6) is 0.791. The summed E-state index contributed by atoms with van der Waals surface area (Å²) >= 11 is 1.40. The molecule has 1 aliphatic heterocycles. The maximum Gasteiger partial charge on any atom is 0.297 e. The van der Waals surface area contributed by atoms with E-state index in [1.807, 2.05) is 12.1 Å². The van der Waals surface area contributed by atoms with Crippen molar-refractivity contribution in [2.75, 3.05) is 26.2 Å². The number of para-hydroxylation sites is 1. The number of benzene rings is 3. The van der Waals surface area contributed by atoms with Crippen molar-refractivity contribution in [1.82, 2.24) is 4.98 Å². The van der Waals surface area contributed by atoms with Crippen LogP contribution in [0, 0.1) is 0 Å². The van der Waals surface area contributed by atoms with Gasteiger partial charge in [0.1, 0.15) is 5.58 Å². The molecular weight excluding hydrogens is 504 g/mol. The zero-order chi connectivity index (χ0) is 26.6. The third-order valence-electron chi connectivity index (χ3n) is 6.84. The van der Waals surface area contributed by atoms with Crippen LogP contribution in [0.25, 0.3) is 21.2 Å². The second kappa shape index (κ2) is 9.18. The summed E-state index contributed by atoms with van der Waals surface area (Å²) in [6, 6.07) is 15.7. The van der Waals surface area contributed by atoms with E-state index < -0.39 is 11.9 Å². The number of ether oxygens (including phenoxy) is 3. The van der Waals surface area contributed by atoms with E-state index >= 15 is 0 Å². The number of hydrogen-bond acceptors (Lipinski definition) is 8. The zero-order valence-electron chi connectivity index (χ0n) is 21.2. The van der Waals surface area contributed by atoms with E-state index in [1.165, 1.54) is 43.1 Å². The molecule has 5 aromatic rings. The molecule has 0 unspecified atom stereocenters. The number of carbonyl (C=O) groups is 1. The Morgan fingerprint density at radius 1 is 0.974 bits per heavy atom. The zero-order valence-corrected chi connectivity index (χ0v) is 22.0. The van der Waals surface area contributed by atoms with E-state index in [-0.39, 0.29) is 16.8 Å². The van der Waals surface area contributed by atoms with Crippen LogP contribution in [0.4, 0.5) is 5.13 Å². The van der Waals surface area contributed by atoms with Crippen LogP contribution in [0.2, 0.25) is 0 Å². The fraction of sp³-hybridized carbons (Fsp3) is 0.207. The fourth-order valence-electron chi connectivity index (χ4n) is 4.97. The Kier molecular flexibility index (Phi) is 5.80. The molecule has 8 nitrogen and oxygen atoms in total. The molecular formula is C29H24N2O6S. The van der Waals surface area contributed by atoms with E-state index in [1.54, 1.807) is 36.4 Å². The van der Waals surface area contributed by atoms with Gasteiger partial charge in [0.2, 0.25) is 11.5 Å². The molecule has 3 heterocycles. The predicted octanol–water partition coefficient (Wildman–Crippen LogP) is 5.74. The number of hydrogen-bond donors (Lipinski definition) is 0. The van der Waals surface area contributed by atoms with Gasteiger partial charge in [0, 0.05) is 0 Å². The Labute approximate surface area is 222 Å². The number of rotatable bonds is 6. The summed E-state index contributed by atoms with van der Waals surface area (Å²) in [5.41, 5.74) is 2.88. The van der Waals surface area contributed by atoms with Crippen LogP contribution in [-0.4, -0.2) is 32.2 Å². The van der Waals surface area contributed by atoms with Crippen molar-refractivity contribution in [3.05, 3.63) is 87.3 Å². The largest absolute Gasteiger partial charge is 0.493 e. The molecule has 1 amide bonds. The van der Waals surface area contributed by atoms with Gasteiger partial charge < -0.3 is 18.6 Å². The third kappa shape index (κ3) is 3.53. The number of nitrogens with zero attached hydrogens (tertiary/aromatic N) is 2. The standard InChI is InChI=1S/C29H24N2O6S/c1-5-15-10-11-18-22(12-15)38-29(30-18)31-24(16-13-20(34-2)26(36-4)21(14-16)35-3)23-25(32)17-8-6-7-9-19(17)37-27(23)28(31)33/h6-14,24H,5H2,1-4H3/t24-/m1/s1. The Morgan fingerprint density at radius 2 is 1.71 bits per heavy atom. The summed E-state index contributed by atoms with van der Waals surface area (Å²) in [6.45, 7) is 2.09. The highest BCUT2D eigenvalue weighted by Crippen LogP contribution is 2.47. The molecule has 3 aromatic carbocycles. The number of amides is 1. The summed E-state index contributed by atoms with van der Waals surface area (Å²) in [6.07, 6.45) is 0.885. The number of anilines is 1. The van der Waals surface area contributed by atoms with Gasteiger partial charge in [0.15, 0.2) is 22.1 Å². The molecule has 0 saturated carbocycles. The van der Waals surface area contributed by atoms with Crippen molar-refractivity contribution in [2.24, 2.45) is 0 Å². The maximum atomic E-state index is 14.0. The average molecular weight is 529 g/mol. The lowest BCUT2D eigenvalue weighted by atomic mass is 9.98. The van der Waals surface area contributed by atoms with Crippen molar-refractivity contribution in [3.8, 4) is 17.2 Å². The highest BCUT2D eigenvalue weighted by Gasteiger charge is 2.45. The molecule has 0 aliphatic carbocycles. The second-order valence-corrected chi connectivity index (χ2v) is 9.87. The number of aromatic nitrogens is 1. The predicted molar refractivity (Wildman–Crippen MR) is 146 cm³/mol. The smallest absolute Gasteiger partial charge is 0.297 e. The Hall–Kier alpha value is -4.37. The summed E-state index contributed by atoms with van der Waals surface area (Å²) in [4.78, 5) is 34.2. The highest BCUT2D eigenvalue weighted by atomic mass is 32.1. The van der Waals surface area contributed by atoms with Gasteiger partial charge in [0.05, 0.1) is 48.5 Å². The summed E-state index contributed by atoms with van der Waals surface area (Å²) < 4.78 is 23.7. The van der Waals surface area contributed by atoms with E-state index in [4.69, 9.17) is 23.6 Å². The van der Waals surface area contributed by atoms with Gasteiger partial charge in [-0.2, -0.15) is 0 Å². The first-order chi connectivity index (χ1) is 18.5. The van der Waals surface area contributed by atoms with Gasteiger partial charge >= 0.3 is 0 Å². The molecule has 2 aromatic heterocycles. The fourth-order valence-corrected chi connectivity index (χ4v) is 6.03. The van der Waals surface area contributed by atoms with Crippen molar-refractivity contribution < 1.29 is 23.4 Å². The molecule has 1 aliphatic rings. The lowest BCUT2D eigenvalue weighted by Gasteiger charge is -2.24. The lowest BCUT2D eigenvalue weighted by Crippen LogP contribution is -2.29. The first-order valence-corrected chi connectivity index (χ1v) is 12.9. The van der Waals surface area contributed by atoms with Gasteiger partial charge in [-0.15, -0.1) is 0 Å². The molecule has 192 valence electrons. The van der Waals surface area contributed by atoms with Crippen LogP contribution in [0.1, 0.15) is 40.2 Å². The number of methoxy groups -OCH3 is 3.